The summed E-state index contributed by atoms with van der Waals surface area (Å²) in [7, 11) is 0.903. The molecule has 0 N–H and O–H groups in total. The van der Waals surface area contributed by atoms with Gasteiger partial charge in [0.05, 0.1) is 0 Å². The lowest BCUT2D eigenvalue weighted by Crippen LogP contribution is -2.11. The Kier molecular flexibility index (Phi) is 2.97. The summed E-state index contributed by atoms with van der Waals surface area (Å²) < 4.78 is 58.3. The molecule has 0 aromatic carbocycles. The van der Waals surface area contributed by atoms with E-state index in [2.05, 4.69) is 4.98 Å². The molecule has 0 radical (unpaired) electrons. The van der Waals surface area contributed by atoms with E-state index in [0.717, 1.165) is 13.0 Å². The van der Waals surface area contributed by atoms with Crippen molar-refractivity contribution in [1.29, 1.82) is 0 Å². The molecule has 3 nitrogen and oxygen atoms in total. The maximum Gasteiger partial charge on any atom is 0.433 e. The third-order valence-corrected chi connectivity index (χ3v) is 2.92. The van der Waals surface area contributed by atoms with E-state index in [1.165, 1.54) is 0 Å². The minimum absolute atomic E-state index is 0.288. The standard InChI is InChI=1S/C7H5ClF3NO2S/c1-4-2-5(15(8,13)14)3-12-6(4)7(9,10)11/h2-3H,1H3. The molecule has 0 amide bonds. The largest absolute Gasteiger partial charge is 0.433 e. The smallest absolute Gasteiger partial charge is 0.250 e. The van der Waals surface area contributed by atoms with Crippen molar-refractivity contribution in [3.8, 4) is 0 Å². The predicted molar refractivity (Wildman–Crippen MR) is 47.0 cm³/mol. The molecule has 0 aliphatic heterocycles. The Balaban J connectivity index is 3.34. The molecule has 1 heterocycles. The molecular weight excluding hydrogens is 255 g/mol. The minimum Gasteiger partial charge on any atom is -0.250 e. The number of aromatic nitrogens is 1. The maximum absolute atomic E-state index is 12.2. The van der Waals surface area contributed by atoms with Crippen molar-refractivity contribution in [1.82, 2.24) is 4.98 Å². The summed E-state index contributed by atoms with van der Waals surface area (Å²) in [6, 6.07) is 0.832. The van der Waals surface area contributed by atoms with Gasteiger partial charge in [0.25, 0.3) is 9.05 Å². The van der Waals surface area contributed by atoms with Gasteiger partial charge in [0, 0.05) is 16.9 Å². The second kappa shape index (κ2) is 3.64. The fourth-order valence-corrected chi connectivity index (χ4v) is 1.73. The van der Waals surface area contributed by atoms with Gasteiger partial charge in [0.1, 0.15) is 10.6 Å². The normalized spacial score (nSPS) is 12.9. The first-order chi connectivity index (χ1) is 6.62. The highest BCUT2D eigenvalue weighted by Gasteiger charge is 2.34. The topological polar surface area (TPSA) is 47.0 Å². The zero-order valence-electron chi connectivity index (χ0n) is 7.34. The van der Waals surface area contributed by atoms with E-state index in [9.17, 15) is 21.6 Å². The van der Waals surface area contributed by atoms with Crippen LogP contribution < -0.4 is 0 Å². The monoisotopic (exact) mass is 259 g/mol. The van der Waals surface area contributed by atoms with E-state index in [1.54, 1.807) is 0 Å². The molecule has 15 heavy (non-hydrogen) atoms. The third kappa shape index (κ3) is 2.82. The quantitative estimate of drug-likeness (QED) is 0.727. The van der Waals surface area contributed by atoms with Crippen molar-refractivity contribution in [3.63, 3.8) is 0 Å². The zero-order valence-corrected chi connectivity index (χ0v) is 8.91. The molecule has 0 aliphatic rings. The van der Waals surface area contributed by atoms with Crippen molar-refractivity contribution < 1.29 is 21.6 Å². The number of pyridine rings is 1. The number of alkyl halides is 3. The van der Waals surface area contributed by atoms with Gasteiger partial charge in [0.15, 0.2) is 0 Å². The number of hydrogen-bond acceptors (Lipinski definition) is 3. The molecule has 0 unspecified atom stereocenters. The van der Waals surface area contributed by atoms with Crippen LogP contribution in [0.15, 0.2) is 17.2 Å². The lowest BCUT2D eigenvalue weighted by molar-refractivity contribution is -0.141. The van der Waals surface area contributed by atoms with E-state index in [4.69, 9.17) is 10.7 Å². The van der Waals surface area contributed by atoms with E-state index in [-0.39, 0.29) is 5.56 Å². The minimum atomic E-state index is -4.60. The van der Waals surface area contributed by atoms with E-state index in [0.29, 0.717) is 6.20 Å². The number of nitrogens with zero attached hydrogens (tertiary/aromatic N) is 1. The van der Waals surface area contributed by atoms with Crippen LogP contribution in [0.5, 0.6) is 0 Å². The number of hydrogen-bond donors (Lipinski definition) is 0. The zero-order chi connectivity index (χ0) is 11.9. The molecule has 8 heteroatoms. The van der Waals surface area contributed by atoms with Gasteiger partial charge in [-0.15, -0.1) is 0 Å². The first-order valence-corrected chi connectivity index (χ1v) is 5.92. The van der Waals surface area contributed by atoms with Crippen molar-refractivity contribution in [2.45, 2.75) is 18.0 Å². The van der Waals surface area contributed by atoms with Crippen molar-refractivity contribution in [2.75, 3.05) is 0 Å². The van der Waals surface area contributed by atoms with Gasteiger partial charge in [-0.25, -0.2) is 8.42 Å². The molecule has 0 atom stereocenters. The highest BCUT2D eigenvalue weighted by molar-refractivity contribution is 8.13. The molecule has 1 rings (SSSR count). The number of rotatable bonds is 1. The van der Waals surface area contributed by atoms with Gasteiger partial charge < -0.3 is 0 Å². The van der Waals surface area contributed by atoms with E-state index < -0.39 is 25.8 Å². The molecule has 0 aliphatic carbocycles. The Hall–Kier alpha value is -0.820. The van der Waals surface area contributed by atoms with Crippen LogP contribution in [0, 0.1) is 6.92 Å². The van der Waals surface area contributed by atoms with Crippen molar-refractivity contribution >= 4 is 19.7 Å². The molecule has 1 aromatic heterocycles. The van der Waals surface area contributed by atoms with Crippen molar-refractivity contribution in [2.24, 2.45) is 0 Å². The molecule has 1 aromatic rings. The fourth-order valence-electron chi connectivity index (χ4n) is 0.979. The second-order valence-electron chi connectivity index (χ2n) is 2.77. The van der Waals surface area contributed by atoms with Gasteiger partial charge in [-0.3, -0.25) is 4.98 Å². The Morgan fingerprint density at radius 3 is 2.27 bits per heavy atom. The SMILES string of the molecule is Cc1cc(S(=O)(=O)Cl)cnc1C(F)(F)F. The van der Waals surface area contributed by atoms with Crippen LogP contribution in [0.3, 0.4) is 0 Å². The Morgan fingerprint density at radius 2 is 1.93 bits per heavy atom. The molecule has 0 fully saturated rings. The summed E-state index contributed by atoms with van der Waals surface area (Å²) >= 11 is 0. The molecule has 84 valence electrons. The summed E-state index contributed by atoms with van der Waals surface area (Å²) in [4.78, 5) is 2.58. The van der Waals surface area contributed by atoms with Crippen LogP contribution in [0.2, 0.25) is 0 Å². The summed E-state index contributed by atoms with van der Waals surface area (Å²) in [5, 5.41) is 0. The highest BCUT2D eigenvalue weighted by Crippen LogP contribution is 2.31. The molecule has 0 saturated heterocycles. The van der Waals surface area contributed by atoms with Gasteiger partial charge in [0.2, 0.25) is 0 Å². The van der Waals surface area contributed by atoms with Crippen LogP contribution in [0.4, 0.5) is 13.2 Å². The molecule has 0 bridgehead atoms. The first-order valence-electron chi connectivity index (χ1n) is 3.61. The highest BCUT2D eigenvalue weighted by atomic mass is 35.7. The van der Waals surface area contributed by atoms with Crippen LogP contribution >= 0.6 is 10.7 Å². The van der Waals surface area contributed by atoms with Gasteiger partial charge >= 0.3 is 6.18 Å². The van der Waals surface area contributed by atoms with Gasteiger partial charge in [-0.1, -0.05) is 0 Å². The Morgan fingerprint density at radius 1 is 1.40 bits per heavy atom. The van der Waals surface area contributed by atoms with Gasteiger partial charge in [-0.2, -0.15) is 13.2 Å². The lowest BCUT2D eigenvalue weighted by Gasteiger charge is -2.08. The molecular formula is C7H5ClF3NO2S. The van der Waals surface area contributed by atoms with Gasteiger partial charge in [-0.05, 0) is 18.6 Å². The number of halogens is 4. The van der Waals surface area contributed by atoms with Crippen molar-refractivity contribution in [3.05, 3.63) is 23.5 Å². The van der Waals surface area contributed by atoms with Crippen LogP contribution in [0.1, 0.15) is 11.3 Å². The van der Waals surface area contributed by atoms with E-state index in [1.807, 2.05) is 0 Å². The Bertz CT molecular complexity index is 483. The van der Waals surface area contributed by atoms with E-state index >= 15 is 0 Å². The average Bonchev–Trinajstić information content (AvgIpc) is 1.99. The molecule has 0 spiro atoms. The molecule has 0 saturated carbocycles. The second-order valence-corrected chi connectivity index (χ2v) is 5.34. The third-order valence-electron chi connectivity index (χ3n) is 1.60. The maximum atomic E-state index is 12.2. The predicted octanol–water partition coefficient (Wildman–Crippen LogP) is 2.34. The lowest BCUT2D eigenvalue weighted by atomic mass is 10.2. The summed E-state index contributed by atoms with van der Waals surface area (Å²) in [6.07, 6.45) is -4.02. The van der Waals surface area contributed by atoms with Crippen LogP contribution in [-0.4, -0.2) is 13.4 Å². The van der Waals surface area contributed by atoms with Crippen LogP contribution in [-0.2, 0) is 15.2 Å². The first kappa shape index (κ1) is 12.3. The Labute approximate surface area is 88.3 Å². The number of aryl methyl sites for hydroxylation is 1. The summed E-state index contributed by atoms with van der Waals surface area (Å²) in [6.45, 7) is 1.11. The van der Waals surface area contributed by atoms with Crippen LogP contribution in [0.25, 0.3) is 0 Å². The average molecular weight is 260 g/mol. The fraction of sp³-hybridized carbons (Fsp3) is 0.286. The summed E-state index contributed by atoms with van der Waals surface area (Å²) in [5.41, 5.74) is -1.41. The summed E-state index contributed by atoms with van der Waals surface area (Å²) in [5.74, 6) is 0.